The first-order valence-corrected chi connectivity index (χ1v) is 11.4. The van der Waals surface area contributed by atoms with Gasteiger partial charge in [0.2, 0.25) is 0 Å². The average molecular weight is 381 g/mol. The topological polar surface area (TPSA) is 9.23 Å². The second kappa shape index (κ2) is 9.73. The molecule has 3 heteroatoms. The molecule has 0 amide bonds. The highest BCUT2D eigenvalue weighted by molar-refractivity contribution is 4.98. The largest absolute Gasteiger partial charge is 0.359 e. The van der Waals surface area contributed by atoms with Crippen molar-refractivity contribution >= 4 is 0 Å². The molecule has 0 aromatic rings. The highest BCUT2D eigenvalue weighted by Crippen LogP contribution is 2.46. The van der Waals surface area contributed by atoms with Gasteiger partial charge in [-0.1, -0.05) is 32.6 Å². The molecule has 0 spiro atoms. The van der Waals surface area contributed by atoms with Crippen LogP contribution >= 0.6 is 0 Å². The molecule has 3 aliphatic carbocycles. The molecule has 0 saturated heterocycles. The lowest BCUT2D eigenvalue weighted by atomic mass is 9.65. The second-order valence-electron chi connectivity index (χ2n) is 9.56. The zero-order valence-electron chi connectivity index (χ0n) is 17.2. The molecule has 0 bridgehead atoms. The Morgan fingerprint density at radius 1 is 0.852 bits per heavy atom. The van der Waals surface area contributed by atoms with E-state index in [0.29, 0.717) is 18.8 Å². The van der Waals surface area contributed by atoms with Gasteiger partial charge in [-0.2, -0.15) is 0 Å². The van der Waals surface area contributed by atoms with E-state index in [0.717, 1.165) is 37.0 Å². The molecule has 3 saturated carbocycles. The number of hydrogen-bond donors (Lipinski definition) is 0. The maximum atomic E-state index is 14.9. The lowest BCUT2D eigenvalue weighted by molar-refractivity contribution is -0.102. The SMILES string of the molecule is C#CC(CC)OC1CCC(C2CCC(C3CCC(C)CC3)CC2)C(F)C1F. The molecule has 3 fully saturated rings. The minimum Gasteiger partial charge on any atom is -0.359 e. The van der Waals surface area contributed by atoms with E-state index in [2.05, 4.69) is 12.8 Å². The van der Waals surface area contributed by atoms with Crippen LogP contribution in [0, 0.1) is 41.9 Å². The standard InChI is InChI=1S/C24H38F2O/c1-4-20(5-2)27-22-15-14-21(23(25)24(22)26)19-12-10-18(11-13-19)17-8-6-16(3)7-9-17/h1,16-24H,5-15H2,2-3H3. The number of hydrogen-bond acceptors (Lipinski definition) is 1. The minimum atomic E-state index is -1.52. The summed E-state index contributed by atoms with van der Waals surface area (Å²) in [5.74, 6) is 5.37. The predicted octanol–water partition coefficient (Wildman–Crippen LogP) is 6.50. The van der Waals surface area contributed by atoms with Crippen LogP contribution in [0.5, 0.6) is 0 Å². The fourth-order valence-corrected chi connectivity index (χ4v) is 6.02. The molecule has 5 unspecified atom stereocenters. The first kappa shape index (κ1) is 21.1. The first-order chi connectivity index (χ1) is 13.0. The van der Waals surface area contributed by atoms with Gasteiger partial charge in [-0.25, -0.2) is 8.78 Å². The highest BCUT2D eigenvalue weighted by atomic mass is 19.2. The summed E-state index contributed by atoms with van der Waals surface area (Å²) in [6.07, 6.45) is 13.5. The molecule has 0 aromatic heterocycles. The number of terminal acetylenes is 1. The van der Waals surface area contributed by atoms with Crippen molar-refractivity contribution in [2.24, 2.45) is 29.6 Å². The molecular formula is C24H38F2O. The Labute approximate surface area is 165 Å². The molecule has 0 aliphatic heterocycles. The summed E-state index contributed by atoms with van der Waals surface area (Å²) in [6.45, 7) is 4.29. The summed E-state index contributed by atoms with van der Waals surface area (Å²) >= 11 is 0. The quantitative estimate of drug-likeness (QED) is 0.495. The number of halogens is 2. The van der Waals surface area contributed by atoms with Crippen LogP contribution in [0.3, 0.4) is 0 Å². The molecule has 3 rings (SSSR count). The third kappa shape index (κ3) is 5.06. The molecule has 154 valence electrons. The van der Waals surface area contributed by atoms with Gasteiger partial charge in [0.05, 0.1) is 6.10 Å². The molecule has 5 atom stereocenters. The van der Waals surface area contributed by atoms with Crippen LogP contribution in [0.25, 0.3) is 0 Å². The monoisotopic (exact) mass is 380 g/mol. The van der Waals surface area contributed by atoms with Crippen LogP contribution in [-0.4, -0.2) is 24.6 Å². The fraction of sp³-hybridized carbons (Fsp3) is 0.917. The summed E-state index contributed by atoms with van der Waals surface area (Å²) in [6, 6.07) is 0. The molecule has 0 heterocycles. The molecule has 3 aliphatic rings. The van der Waals surface area contributed by atoms with Gasteiger partial charge in [0.15, 0.2) is 6.17 Å². The Bertz CT molecular complexity index is 485. The number of rotatable bonds is 5. The van der Waals surface area contributed by atoms with Crippen molar-refractivity contribution in [3.63, 3.8) is 0 Å². The van der Waals surface area contributed by atoms with Crippen LogP contribution in [0.2, 0.25) is 0 Å². The Hall–Kier alpha value is -0.620. The zero-order chi connectivity index (χ0) is 19.4. The highest BCUT2D eigenvalue weighted by Gasteiger charge is 2.45. The average Bonchev–Trinajstić information content (AvgIpc) is 2.70. The second-order valence-corrected chi connectivity index (χ2v) is 9.56. The van der Waals surface area contributed by atoms with E-state index in [1.165, 1.54) is 38.5 Å². The van der Waals surface area contributed by atoms with E-state index in [-0.39, 0.29) is 5.92 Å². The van der Waals surface area contributed by atoms with E-state index >= 15 is 0 Å². The summed E-state index contributed by atoms with van der Waals surface area (Å²) in [4.78, 5) is 0. The Balaban J connectivity index is 1.48. The summed E-state index contributed by atoms with van der Waals surface area (Å²) in [5.41, 5.74) is 0. The fourth-order valence-electron chi connectivity index (χ4n) is 6.02. The Morgan fingerprint density at radius 2 is 1.41 bits per heavy atom. The summed E-state index contributed by atoms with van der Waals surface area (Å²) < 4.78 is 35.3. The van der Waals surface area contributed by atoms with E-state index in [4.69, 9.17) is 11.2 Å². The molecule has 0 N–H and O–H groups in total. The van der Waals surface area contributed by atoms with Crippen molar-refractivity contribution in [2.45, 2.75) is 109 Å². The minimum absolute atomic E-state index is 0.127. The van der Waals surface area contributed by atoms with Crippen LogP contribution in [0.15, 0.2) is 0 Å². The molecule has 27 heavy (non-hydrogen) atoms. The summed E-state index contributed by atoms with van der Waals surface area (Å²) in [5, 5.41) is 0. The van der Waals surface area contributed by atoms with Crippen LogP contribution < -0.4 is 0 Å². The number of ether oxygens (including phenoxy) is 1. The van der Waals surface area contributed by atoms with Crippen molar-refractivity contribution in [3.05, 3.63) is 0 Å². The van der Waals surface area contributed by atoms with Crippen LogP contribution in [0.1, 0.15) is 84.5 Å². The zero-order valence-corrected chi connectivity index (χ0v) is 17.2. The van der Waals surface area contributed by atoms with Crippen molar-refractivity contribution in [1.82, 2.24) is 0 Å². The third-order valence-corrected chi connectivity index (χ3v) is 7.90. The van der Waals surface area contributed by atoms with Gasteiger partial charge in [-0.05, 0) is 87.4 Å². The number of alkyl halides is 2. The molecule has 0 aromatic carbocycles. The Morgan fingerprint density at radius 3 is 1.96 bits per heavy atom. The third-order valence-electron chi connectivity index (χ3n) is 7.90. The van der Waals surface area contributed by atoms with Crippen molar-refractivity contribution in [3.8, 4) is 12.3 Å². The van der Waals surface area contributed by atoms with Gasteiger partial charge in [0, 0.05) is 0 Å². The van der Waals surface area contributed by atoms with Gasteiger partial charge in [0.25, 0.3) is 0 Å². The van der Waals surface area contributed by atoms with Gasteiger partial charge in [-0.3, -0.25) is 0 Å². The first-order valence-electron chi connectivity index (χ1n) is 11.4. The van der Waals surface area contributed by atoms with Crippen LogP contribution in [0.4, 0.5) is 8.78 Å². The van der Waals surface area contributed by atoms with Gasteiger partial charge in [0.1, 0.15) is 12.3 Å². The van der Waals surface area contributed by atoms with Crippen molar-refractivity contribution in [1.29, 1.82) is 0 Å². The Kier molecular flexibility index (Phi) is 7.60. The molecule has 0 radical (unpaired) electrons. The molecule has 1 nitrogen and oxygen atoms in total. The summed E-state index contributed by atoms with van der Waals surface area (Å²) in [7, 11) is 0. The normalized spacial score (nSPS) is 44.4. The van der Waals surface area contributed by atoms with Crippen molar-refractivity contribution in [2.75, 3.05) is 0 Å². The van der Waals surface area contributed by atoms with E-state index in [1.54, 1.807) is 0 Å². The van der Waals surface area contributed by atoms with Gasteiger partial charge in [-0.15, -0.1) is 6.42 Å². The molecular weight excluding hydrogens is 342 g/mol. The van der Waals surface area contributed by atoms with E-state index in [1.807, 2.05) is 6.92 Å². The maximum Gasteiger partial charge on any atom is 0.157 e. The van der Waals surface area contributed by atoms with Crippen LogP contribution in [-0.2, 0) is 4.74 Å². The van der Waals surface area contributed by atoms with E-state index in [9.17, 15) is 8.78 Å². The van der Waals surface area contributed by atoms with E-state index < -0.39 is 24.6 Å². The van der Waals surface area contributed by atoms with Crippen molar-refractivity contribution < 1.29 is 13.5 Å². The lowest BCUT2D eigenvalue weighted by Gasteiger charge is -2.43. The maximum absolute atomic E-state index is 14.9. The predicted molar refractivity (Wildman–Crippen MR) is 107 cm³/mol. The van der Waals surface area contributed by atoms with Gasteiger partial charge < -0.3 is 4.74 Å². The lowest BCUT2D eigenvalue weighted by Crippen LogP contribution is -2.46. The smallest absolute Gasteiger partial charge is 0.157 e. The van der Waals surface area contributed by atoms with Gasteiger partial charge >= 0.3 is 0 Å².